The predicted octanol–water partition coefficient (Wildman–Crippen LogP) is 4.78. The van der Waals surface area contributed by atoms with E-state index in [9.17, 15) is 4.79 Å². The molecule has 0 fully saturated rings. The van der Waals surface area contributed by atoms with Crippen LogP contribution in [-0.4, -0.2) is 18.2 Å². The van der Waals surface area contributed by atoms with Gasteiger partial charge in [0, 0.05) is 6.08 Å². The standard InChI is InChI=1S/C20H24O3/c1-14(9-7-6-8-10-20(21)22)11-12-18-15(2)13-19(23-5)17(4)16(18)3/h6-13H,1-5H3,(H,21,22)/b7-6+,10-8+,12-11+,14-9+. The first kappa shape index (κ1) is 18.5. The molecule has 0 aromatic heterocycles. The largest absolute Gasteiger partial charge is 0.496 e. The van der Waals surface area contributed by atoms with Gasteiger partial charge in [0.15, 0.2) is 0 Å². The van der Waals surface area contributed by atoms with Gasteiger partial charge in [0.25, 0.3) is 0 Å². The van der Waals surface area contributed by atoms with Gasteiger partial charge >= 0.3 is 5.97 Å². The molecule has 1 aromatic carbocycles. The molecule has 0 atom stereocenters. The maximum absolute atomic E-state index is 10.3. The minimum absolute atomic E-state index is 0.914. The summed E-state index contributed by atoms with van der Waals surface area (Å²) in [5.74, 6) is -0.0337. The first-order valence-corrected chi connectivity index (χ1v) is 7.44. The van der Waals surface area contributed by atoms with Crippen LogP contribution in [0.5, 0.6) is 5.75 Å². The molecule has 0 heterocycles. The molecule has 1 rings (SSSR count). The fraction of sp³-hybridized carbons (Fsp3) is 0.250. The fourth-order valence-electron chi connectivity index (χ4n) is 2.21. The minimum Gasteiger partial charge on any atom is -0.496 e. The third kappa shape index (κ3) is 5.62. The number of aliphatic carboxylic acids is 1. The highest BCUT2D eigenvalue weighted by Gasteiger charge is 2.08. The number of ether oxygens (including phenoxy) is 1. The Morgan fingerprint density at radius 1 is 1.09 bits per heavy atom. The van der Waals surface area contributed by atoms with E-state index < -0.39 is 5.97 Å². The highest BCUT2D eigenvalue weighted by atomic mass is 16.5. The SMILES string of the molecule is COc1cc(C)c(/C=C/C(C)=C/C=C/C=C/C(=O)O)c(C)c1C. The third-order valence-electron chi connectivity index (χ3n) is 3.66. The number of benzene rings is 1. The van der Waals surface area contributed by atoms with Gasteiger partial charge in [0.1, 0.15) is 5.75 Å². The summed E-state index contributed by atoms with van der Waals surface area (Å²) < 4.78 is 5.39. The molecule has 1 aromatic rings. The van der Waals surface area contributed by atoms with Crippen LogP contribution in [0, 0.1) is 20.8 Å². The zero-order valence-electron chi connectivity index (χ0n) is 14.4. The zero-order valence-corrected chi connectivity index (χ0v) is 14.4. The minimum atomic E-state index is -0.948. The normalized spacial score (nSPS) is 12.7. The van der Waals surface area contributed by atoms with Gasteiger partial charge in [0.2, 0.25) is 0 Å². The van der Waals surface area contributed by atoms with E-state index in [1.165, 1.54) is 22.8 Å². The Balaban J connectivity index is 2.93. The lowest BCUT2D eigenvalue weighted by Crippen LogP contribution is -1.95. The van der Waals surface area contributed by atoms with Crippen LogP contribution in [0.3, 0.4) is 0 Å². The molecule has 0 bridgehead atoms. The number of methoxy groups -OCH3 is 1. The number of hydrogen-bond acceptors (Lipinski definition) is 2. The lowest BCUT2D eigenvalue weighted by atomic mass is 9.96. The van der Waals surface area contributed by atoms with E-state index in [-0.39, 0.29) is 0 Å². The van der Waals surface area contributed by atoms with Crippen molar-refractivity contribution in [3.05, 3.63) is 70.3 Å². The van der Waals surface area contributed by atoms with Crippen molar-refractivity contribution >= 4 is 12.0 Å². The van der Waals surface area contributed by atoms with Crippen molar-refractivity contribution in [3.8, 4) is 5.75 Å². The van der Waals surface area contributed by atoms with Gasteiger partial charge in [-0.3, -0.25) is 0 Å². The lowest BCUT2D eigenvalue weighted by molar-refractivity contribution is -0.131. The van der Waals surface area contributed by atoms with Crippen LogP contribution in [0.15, 0.2) is 48.1 Å². The van der Waals surface area contributed by atoms with E-state index in [1.54, 1.807) is 13.2 Å². The lowest BCUT2D eigenvalue weighted by Gasteiger charge is -2.13. The van der Waals surface area contributed by atoms with Gasteiger partial charge in [-0.25, -0.2) is 4.79 Å². The van der Waals surface area contributed by atoms with E-state index in [4.69, 9.17) is 9.84 Å². The second-order valence-electron chi connectivity index (χ2n) is 5.39. The Bertz CT molecular complexity index is 689. The highest BCUT2D eigenvalue weighted by molar-refractivity contribution is 5.80. The molecule has 0 saturated heterocycles. The average molecular weight is 312 g/mol. The van der Waals surface area contributed by atoms with Crippen molar-refractivity contribution in [3.63, 3.8) is 0 Å². The maximum atomic E-state index is 10.3. The van der Waals surface area contributed by atoms with Crippen molar-refractivity contribution < 1.29 is 14.6 Å². The van der Waals surface area contributed by atoms with Crippen molar-refractivity contribution in [1.82, 2.24) is 0 Å². The van der Waals surface area contributed by atoms with Crippen LogP contribution in [0.4, 0.5) is 0 Å². The summed E-state index contributed by atoms with van der Waals surface area (Å²) in [6.45, 7) is 8.23. The zero-order chi connectivity index (χ0) is 17.4. The molecular formula is C20H24O3. The Morgan fingerprint density at radius 2 is 1.78 bits per heavy atom. The smallest absolute Gasteiger partial charge is 0.328 e. The number of carboxylic acid groups (broad SMARTS) is 1. The third-order valence-corrected chi connectivity index (χ3v) is 3.66. The number of allylic oxidation sites excluding steroid dienone is 6. The monoisotopic (exact) mass is 312 g/mol. The van der Waals surface area contributed by atoms with Gasteiger partial charge < -0.3 is 9.84 Å². The maximum Gasteiger partial charge on any atom is 0.328 e. The Morgan fingerprint density at radius 3 is 2.39 bits per heavy atom. The fourth-order valence-corrected chi connectivity index (χ4v) is 2.21. The second-order valence-corrected chi connectivity index (χ2v) is 5.39. The molecule has 3 heteroatoms. The Labute approximate surface area is 138 Å². The summed E-state index contributed by atoms with van der Waals surface area (Å²) in [6, 6.07) is 2.05. The van der Waals surface area contributed by atoms with Gasteiger partial charge in [-0.05, 0) is 56.0 Å². The Kier molecular flexibility index (Phi) is 7.07. The van der Waals surface area contributed by atoms with Crippen LogP contribution >= 0.6 is 0 Å². The number of carboxylic acids is 1. The molecule has 0 spiro atoms. The van der Waals surface area contributed by atoms with E-state index in [2.05, 4.69) is 32.9 Å². The highest BCUT2D eigenvalue weighted by Crippen LogP contribution is 2.28. The van der Waals surface area contributed by atoms with E-state index in [1.807, 2.05) is 25.2 Å². The van der Waals surface area contributed by atoms with Crippen molar-refractivity contribution in [2.24, 2.45) is 0 Å². The van der Waals surface area contributed by atoms with E-state index in [0.717, 1.165) is 23.0 Å². The molecule has 0 amide bonds. The molecule has 0 saturated carbocycles. The summed E-state index contributed by atoms with van der Waals surface area (Å²) in [5.41, 5.74) is 5.82. The molecule has 122 valence electrons. The number of aryl methyl sites for hydroxylation is 1. The quantitative estimate of drug-likeness (QED) is 0.607. The number of hydrogen-bond donors (Lipinski definition) is 1. The molecule has 3 nitrogen and oxygen atoms in total. The summed E-state index contributed by atoms with van der Waals surface area (Å²) in [4.78, 5) is 10.3. The van der Waals surface area contributed by atoms with E-state index in [0.29, 0.717) is 0 Å². The Hall–Kier alpha value is -2.55. The van der Waals surface area contributed by atoms with Crippen LogP contribution in [0.2, 0.25) is 0 Å². The van der Waals surface area contributed by atoms with Crippen molar-refractivity contribution in [2.75, 3.05) is 7.11 Å². The summed E-state index contributed by atoms with van der Waals surface area (Å²) in [5, 5.41) is 8.49. The van der Waals surface area contributed by atoms with Crippen LogP contribution in [0.25, 0.3) is 6.08 Å². The van der Waals surface area contributed by atoms with Crippen LogP contribution in [-0.2, 0) is 4.79 Å². The first-order valence-electron chi connectivity index (χ1n) is 7.44. The molecule has 0 radical (unpaired) electrons. The van der Waals surface area contributed by atoms with Gasteiger partial charge in [-0.15, -0.1) is 0 Å². The second kappa shape index (κ2) is 8.79. The van der Waals surface area contributed by atoms with Crippen LogP contribution < -0.4 is 4.74 Å². The predicted molar refractivity (Wildman–Crippen MR) is 95.9 cm³/mol. The summed E-state index contributed by atoms with van der Waals surface area (Å²) in [7, 11) is 1.69. The number of rotatable bonds is 6. The molecule has 0 unspecified atom stereocenters. The average Bonchev–Trinajstić information content (AvgIpc) is 2.50. The van der Waals surface area contributed by atoms with Gasteiger partial charge in [-0.1, -0.05) is 42.0 Å². The van der Waals surface area contributed by atoms with Crippen LogP contribution in [0.1, 0.15) is 29.2 Å². The molecule has 0 aliphatic carbocycles. The summed E-state index contributed by atoms with van der Waals surface area (Å²) in [6.07, 6.45) is 12.2. The topological polar surface area (TPSA) is 46.5 Å². The summed E-state index contributed by atoms with van der Waals surface area (Å²) >= 11 is 0. The number of carbonyl (C=O) groups is 1. The van der Waals surface area contributed by atoms with E-state index >= 15 is 0 Å². The van der Waals surface area contributed by atoms with Gasteiger partial charge in [0.05, 0.1) is 7.11 Å². The molecule has 0 aliphatic rings. The molecule has 1 N–H and O–H groups in total. The molecule has 23 heavy (non-hydrogen) atoms. The van der Waals surface area contributed by atoms with Crippen molar-refractivity contribution in [2.45, 2.75) is 27.7 Å². The molecular weight excluding hydrogens is 288 g/mol. The molecule has 0 aliphatic heterocycles. The first-order chi connectivity index (χ1) is 10.9. The van der Waals surface area contributed by atoms with Gasteiger partial charge in [-0.2, -0.15) is 0 Å². The van der Waals surface area contributed by atoms with Crippen molar-refractivity contribution in [1.29, 1.82) is 0 Å².